The Labute approximate surface area is 73.4 Å². The zero-order valence-corrected chi connectivity index (χ0v) is 7.70. The first-order valence-corrected chi connectivity index (χ1v) is 3.33. The molecule has 0 aliphatic carbocycles. The number of allylic oxidation sites excluding steroid dienone is 1. The number of nitrogens with one attached hydrogen (secondary N) is 1. The first kappa shape index (κ1) is 13.1. The highest BCUT2D eigenvalue weighted by molar-refractivity contribution is 5.92. The molecular formula is C7H15ClN2O. The number of hydrogen-bond donors (Lipinski definition) is 2. The Morgan fingerprint density at radius 3 is 2.55 bits per heavy atom. The van der Waals surface area contributed by atoms with Crippen molar-refractivity contribution in [1.82, 2.24) is 5.32 Å². The molecule has 0 saturated carbocycles. The Morgan fingerprint density at radius 1 is 1.64 bits per heavy atom. The minimum absolute atomic E-state index is 0. The standard InChI is InChI=1S/C7H14N2O.ClH/c1-3-6(2)7(10)9-5-4-8;/h3H,4-5,8H2,1-2H3,(H,9,10);1H/b6-3-;. The third-order valence-electron chi connectivity index (χ3n) is 1.22. The molecule has 0 bridgehead atoms. The van der Waals surface area contributed by atoms with E-state index in [0.717, 1.165) is 5.57 Å². The number of hydrogen-bond acceptors (Lipinski definition) is 2. The predicted molar refractivity (Wildman–Crippen MR) is 48.7 cm³/mol. The summed E-state index contributed by atoms with van der Waals surface area (Å²) in [5.41, 5.74) is 5.91. The molecule has 0 heterocycles. The van der Waals surface area contributed by atoms with E-state index in [2.05, 4.69) is 5.32 Å². The summed E-state index contributed by atoms with van der Waals surface area (Å²) in [6.45, 7) is 4.63. The molecule has 0 atom stereocenters. The van der Waals surface area contributed by atoms with Crippen LogP contribution in [0.1, 0.15) is 13.8 Å². The molecule has 0 spiro atoms. The van der Waals surface area contributed by atoms with Gasteiger partial charge in [-0.15, -0.1) is 12.4 Å². The topological polar surface area (TPSA) is 55.1 Å². The fraction of sp³-hybridized carbons (Fsp3) is 0.571. The summed E-state index contributed by atoms with van der Waals surface area (Å²) in [6.07, 6.45) is 1.77. The van der Waals surface area contributed by atoms with Gasteiger partial charge in [-0.05, 0) is 13.8 Å². The minimum atomic E-state index is -0.0343. The quantitative estimate of drug-likeness (QED) is 0.617. The second-order valence-corrected chi connectivity index (χ2v) is 2.02. The maximum Gasteiger partial charge on any atom is 0.246 e. The monoisotopic (exact) mass is 178 g/mol. The van der Waals surface area contributed by atoms with E-state index in [0.29, 0.717) is 13.1 Å². The SMILES string of the molecule is C/C=C(/C)C(=O)NCCN.Cl. The van der Waals surface area contributed by atoms with Crippen molar-refractivity contribution >= 4 is 18.3 Å². The number of carbonyl (C=O) groups is 1. The Morgan fingerprint density at radius 2 is 2.18 bits per heavy atom. The van der Waals surface area contributed by atoms with Crippen LogP contribution < -0.4 is 11.1 Å². The predicted octanol–water partition coefficient (Wildman–Crippen LogP) is 0.449. The number of nitrogens with two attached hydrogens (primary N) is 1. The van der Waals surface area contributed by atoms with E-state index in [1.165, 1.54) is 0 Å². The molecule has 0 radical (unpaired) electrons. The zero-order valence-electron chi connectivity index (χ0n) is 6.89. The van der Waals surface area contributed by atoms with Gasteiger partial charge in [0.25, 0.3) is 0 Å². The highest BCUT2D eigenvalue weighted by Gasteiger charge is 1.98. The Balaban J connectivity index is 0. The van der Waals surface area contributed by atoms with Gasteiger partial charge in [0.05, 0.1) is 0 Å². The summed E-state index contributed by atoms with van der Waals surface area (Å²) in [5, 5.41) is 2.65. The van der Waals surface area contributed by atoms with Gasteiger partial charge in [-0.25, -0.2) is 0 Å². The molecule has 0 aromatic carbocycles. The van der Waals surface area contributed by atoms with Gasteiger partial charge in [0.1, 0.15) is 0 Å². The van der Waals surface area contributed by atoms with Crippen LogP contribution in [0, 0.1) is 0 Å². The number of carbonyl (C=O) groups excluding carboxylic acids is 1. The molecule has 3 nitrogen and oxygen atoms in total. The lowest BCUT2D eigenvalue weighted by molar-refractivity contribution is -0.117. The fourth-order valence-corrected chi connectivity index (χ4v) is 0.456. The maximum atomic E-state index is 10.9. The van der Waals surface area contributed by atoms with E-state index in [1.54, 1.807) is 13.0 Å². The Kier molecular flexibility index (Phi) is 9.00. The minimum Gasteiger partial charge on any atom is -0.351 e. The normalized spacial score (nSPS) is 10.3. The molecule has 0 unspecified atom stereocenters. The number of halogens is 1. The van der Waals surface area contributed by atoms with Crippen LogP contribution in [-0.2, 0) is 4.79 Å². The fourth-order valence-electron chi connectivity index (χ4n) is 0.456. The van der Waals surface area contributed by atoms with Gasteiger partial charge in [0.2, 0.25) is 5.91 Å². The number of rotatable bonds is 3. The number of amides is 1. The Bertz CT molecular complexity index is 145. The van der Waals surface area contributed by atoms with Gasteiger partial charge in [0.15, 0.2) is 0 Å². The molecule has 0 aromatic heterocycles. The van der Waals surface area contributed by atoms with E-state index < -0.39 is 0 Å². The molecule has 11 heavy (non-hydrogen) atoms. The lowest BCUT2D eigenvalue weighted by Gasteiger charge is -2.01. The summed E-state index contributed by atoms with van der Waals surface area (Å²) >= 11 is 0. The van der Waals surface area contributed by atoms with Crippen molar-refractivity contribution in [3.8, 4) is 0 Å². The molecule has 66 valence electrons. The summed E-state index contributed by atoms with van der Waals surface area (Å²) < 4.78 is 0. The lowest BCUT2D eigenvalue weighted by Crippen LogP contribution is -2.29. The molecule has 0 aliphatic heterocycles. The van der Waals surface area contributed by atoms with Gasteiger partial charge in [0, 0.05) is 18.7 Å². The smallest absolute Gasteiger partial charge is 0.246 e. The molecule has 3 N–H and O–H groups in total. The maximum absolute atomic E-state index is 10.9. The van der Waals surface area contributed by atoms with Crippen molar-refractivity contribution in [2.24, 2.45) is 5.73 Å². The van der Waals surface area contributed by atoms with Crippen LogP contribution in [0.5, 0.6) is 0 Å². The van der Waals surface area contributed by atoms with Gasteiger partial charge >= 0.3 is 0 Å². The summed E-state index contributed by atoms with van der Waals surface area (Å²) in [7, 11) is 0. The van der Waals surface area contributed by atoms with Crippen LogP contribution in [-0.4, -0.2) is 19.0 Å². The highest BCUT2D eigenvalue weighted by atomic mass is 35.5. The molecule has 0 fully saturated rings. The summed E-state index contributed by atoms with van der Waals surface area (Å²) in [5.74, 6) is -0.0343. The van der Waals surface area contributed by atoms with Crippen molar-refractivity contribution in [2.75, 3.05) is 13.1 Å². The second kappa shape index (κ2) is 7.57. The van der Waals surface area contributed by atoms with E-state index in [1.807, 2.05) is 6.92 Å². The summed E-state index contributed by atoms with van der Waals surface area (Å²) in [6, 6.07) is 0. The third-order valence-corrected chi connectivity index (χ3v) is 1.22. The molecule has 0 aliphatic rings. The largest absolute Gasteiger partial charge is 0.351 e. The van der Waals surface area contributed by atoms with Gasteiger partial charge in [-0.1, -0.05) is 6.08 Å². The first-order valence-electron chi connectivity index (χ1n) is 3.33. The van der Waals surface area contributed by atoms with Crippen LogP contribution >= 0.6 is 12.4 Å². The van der Waals surface area contributed by atoms with Crippen LogP contribution in [0.2, 0.25) is 0 Å². The van der Waals surface area contributed by atoms with E-state index >= 15 is 0 Å². The van der Waals surface area contributed by atoms with Crippen molar-refractivity contribution < 1.29 is 4.79 Å². The molecule has 0 aromatic rings. The average molecular weight is 179 g/mol. The van der Waals surface area contributed by atoms with Crippen molar-refractivity contribution in [1.29, 1.82) is 0 Å². The van der Waals surface area contributed by atoms with Crippen LogP contribution in [0.15, 0.2) is 11.6 Å². The summed E-state index contributed by atoms with van der Waals surface area (Å²) in [4.78, 5) is 10.9. The lowest BCUT2D eigenvalue weighted by atomic mass is 10.3. The van der Waals surface area contributed by atoms with Gasteiger partial charge < -0.3 is 11.1 Å². The van der Waals surface area contributed by atoms with Gasteiger partial charge in [-0.2, -0.15) is 0 Å². The van der Waals surface area contributed by atoms with Crippen LogP contribution in [0.25, 0.3) is 0 Å². The highest BCUT2D eigenvalue weighted by Crippen LogP contribution is 1.89. The zero-order chi connectivity index (χ0) is 7.98. The average Bonchev–Trinajstić information content (AvgIpc) is 1.98. The van der Waals surface area contributed by atoms with Crippen molar-refractivity contribution in [3.05, 3.63) is 11.6 Å². The third kappa shape index (κ3) is 5.88. The molecule has 0 rings (SSSR count). The molecule has 4 heteroatoms. The second-order valence-electron chi connectivity index (χ2n) is 2.02. The van der Waals surface area contributed by atoms with E-state index in [9.17, 15) is 4.79 Å². The van der Waals surface area contributed by atoms with E-state index in [4.69, 9.17) is 5.73 Å². The molecule has 0 saturated heterocycles. The molecular weight excluding hydrogens is 164 g/mol. The van der Waals surface area contributed by atoms with Gasteiger partial charge in [-0.3, -0.25) is 4.79 Å². The Hall–Kier alpha value is -0.540. The van der Waals surface area contributed by atoms with Crippen LogP contribution in [0.4, 0.5) is 0 Å². The van der Waals surface area contributed by atoms with Crippen molar-refractivity contribution in [3.63, 3.8) is 0 Å². The van der Waals surface area contributed by atoms with E-state index in [-0.39, 0.29) is 18.3 Å². The van der Waals surface area contributed by atoms with Crippen molar-refractivity contribution in [2.45, 2.75) is 13.8 Å². The molecule has 1 amide bonds. The first-order chi connectivity index (χ1) is 4.72. The van der Waals surface area contributed by atoms with Crippen LogP contribution in [0.3, 0.4) is 0 Å².